The first-order chi connectivity index (χ1) is 5.85. The van der Waals surface area contributed by atoms with Crippen molar-refractivity contribution in [3.63, 3.8) is 0 Å². The molecule has 0 aromatic heterocycles. The average Bonchev–Trinajstić information content (AvgIpc) is 2.08. The topological polar surface area (TPSA) is 92.8 Å². The third-order valence-electron chi connectivity index (χ3n) is 1.74. The highest BCUT2D eigenvalue weighted by atomic mass is 16.7. The van der Waals surface area contributed by atoms with Gasteiger partial charge in [-0.15, -0.1) is 4.91 Å². The summed E-state index contributed by atoms with van der Waals surface area (Å²) in [4.78, 5) is 22.3. The maximum atomic E-state index is 9.60. The summed E-state index contributed by atoms with van der Waals surface area (Å²) in [6.07, 6.45) is 5.77. The van der Waals surface area contributed by atoms with Crippen molar-refractivity contribution in [3.8, 4) is 0 Å². The highest BCUT2D eigenvalue weighted by Crippen LogP contribution is 2.19. The van der Waals surface area contributed by atoms with Crippen molar-refractivity contribution >= 4 is 0 Å². The van der Waals surface area contributed by atoms with Gasteiger partial charge in [0.25, 0.3) is 0 Å². The zero-order valence-electron chi connectivity index (χ0n) is 6.69. The molecular formula is C6H12N2O4. The van der Waals surface area contributed by atoms with Gasteiger partial charge in [0.1, 0.15) is 6.10 Å². The zero-order chi connectivity index (χ0) is 9.23. The lowest BCUT2D eigenvalue weighted by molar-refractivity contribution is -0.398. The summed E-state index contributed by atoms with van der Waals surface area (Å²) < 4.78 is 0. The highest BCUT2D eigenvalue weighted by molar-refractivity contribution is 4.63. The first-order valence-electron chi connectivity index (χ1n) is 3.83. The number of nitrogens with one attached hydrogen (secondary N) is 1. The predicted molar refractivity (Wildman–Crippen MR) is 41.4 cm³/mol. The number of hydrogen-bond acceptors (Lipinski definition) is 5. The average molecular weight is 176 g/mol. The summed E-state index contributed by atoms with van der Waals surface area (Å²) in [6.45, 7) is 0. The second-order valence-electron chi connectivity index (χ2n) is 2.52. The molecule has 6 nitrogen and oxygen atoms in total. The van der Waals surface area contributed by atoms with Gasteiger partial charge in [-0.2, -0.15) is 0 Å². The summed E-state index contributed by atoms with van der Waals surface area (Å²) in [5.74, 6) is 0. The van der Waals surface area contributed by atoms with Gasteiger partial charge in [-0.1, -0.05) is 6.42 Å². The van der Waals surface area contributed by atoms with Crippen LogP contribution in [0.4, 0.5) is 0 Å². The van der Waals surface area contributed by atoms with E-state index in [1.54, 1.807) is 0 Å². The summed E-state index contributed by atoms with van der Waals surface area (Å²) >= 11 is 0. The van der Waals surface area contributed by atoms with Gasteiger partial charge < -0.3 is 4.84 Å². The van der Waals surface area contributed by atoms with Crippen LogP contribution in [0.15, 0.2) is 5.34 Å². The standard InChI is InChI=1S/C6H11NO2.HNO2/c8-7-9-6-4-2-1-3-5-6;2-1-3/h6H,1-5H2;1H. The van der Waals surface area contributed by atoms with Gasteiger partial charge in [0.05, 0.1) is 0 Å². The summed E-state index contributed by atoms with van der Waals surface area (Å²) in [7, 11) is 0. The van der Waals surface area contributed by atoms with Crippen molar-refractivity contribution in [2.24, 2.45) is 5.34 Å². The fourth-order valence-corrected chi connectivity index (χ4v) is 1.23. The minimum atomic E-state index is 0.122. The molecule has 6 heteroatoms. The Balaban J connectivity index is 0.000000354. The van der Waals surface area contributed by atoms with Gasteiger partial charge in [-0.05, 0) is 25.7 Å². The molecule has 0 aliphatic heterocycles. The fourth-order valence-electron chi connectivity index (χ4n) is 1.23. The quantitative estimate of drug-likeness (QED) is 0.373. The van der Waals surface area contributed by atoms with E-state index in [4.69, 9.17) is 10.1 Å². The lowest BCUT2D eigenvalue weighted by Crippen LogP contribution is -2.53. The van der Waals surface area contributed by atoms with Crippen LogP contribution in [-0.2, 0) is 4.84 Å². The molecule has 1 N–H and O–H groups in total. The zero-order valence-corrected chi connectivity index (χ0v) is 6.69. The lowest BCUT2D eigenvalue weighted by Gasteiger charge is -2.16. The molecule has 0 amide bonds. The Hall–Kier alpha value is -1.20. The highest BCUT2D eigenvalue weighted by Gasteiger charge is 2.13. The van der Waals surface area contributed by atoms with Crippen LogP contribution in [0.1, 0.15) is 32.1 Å². The molecule has 0 aromatic carbocycles. The van der Waals surface area contributed by atoms with Crippen molar-refractivity contribution in [2.45, 2.75) is 38.2 Å². The van der Waals surface area contributed by atoms with Crippen LogP contribution in [0.25, 0.3) is 0 Å². The Morgan fingerprint density at radius 2 is 1.83 bits per heavy atom. The molecule has 0 spiro atoms. The summed E-state index contributed by atoms with van der Waals surface area (Å²) in [5.41, 5.74) is 0. The Morgan fingerprint density at radius 1 is 1.33 bits per heavy atom. The van der Waals surface area contributed by atoms with Crippen LogP contribution in [0.5, 0.6) is 0 Å². The largest absolute Gasteiger partial charge is 0.361 e. The van der Waals surface area contributed by atoms with E-state index in [0.29, 0.717) is 0 Å². The lowest BCUT2D eigenvalue weighted by atomic mass is 9.98. The predicted octanol–water partition coefficient (Wildman–Crippen LogP) is 0.348. The van der Waals surface area contributed by atoms with Crippen molar-refractivity contribution in [1.29, 1.82) is 0 Å². The number of hydrogen-bond donors (Lipinski definition) is 1. The maximum Gasteiger partial charge on any atom is 0.155 e. The molecule has 0 bridgehead atoms. The smallest absolute Gasteiger partial charge is 0.155 e. The van der Waals surface area contributed by atoms with E-state index < -0.39 is 0 Å². The molecule has 1 fully saturated rings. The van der Waals surface area contributed by atoms with Crippen LogP contribution in [-0.4, -0.2) is 6.10 Å². The van der Waals surface area contributed by atoms with Gasteiger partial charge in [0, 0.05) is 5.34 Å². The van der Waals surface area contributed by atoms with Crippen molar-refractivity contribution in [2.75, 3.05) is 0 Å². The third kappa shape index (κ3) is 5.57. The van der Waals surface area contributed by atoms with Gasteiger partial charge in [0.2, 0.25) is 0 Å². The Morgan fingerprint density at radius 3 is 2.25 bits per heavy atom. The minimum absolute atomic E-state index is 0.122. The first-order valence-corrected chi connectivity index (χ1v) is 3.83. The molecule has 1 saturated carbocycles. The number of rotatable bonds is 2. The summed E-state index contributed by atoms with van der Waals surface area (Å²) in [6, 6.07) is 0. The molecule has 0 atom stereocenters. The molecular weight excluding hydrogens is 164 g/mol. The summed E-state index contributed by atoms with van der Waals surface area (Å²) in [5, 5.41) is 10.8. The Bertz CT molecular complexity index is 125. The minimum Gasteiger partial charge on any atom is -0.361 e. The van der Waals surface area contributed by atoms with Crippen molar-refractivity contribution in [3.05, 3.63) is 15.0 Å². The van der Waals surface area contributed by atoms with E-state index in [2.05, 4.69) is 10.2 Å². The molecule has 0 radical (unpaired) electrons. The molecule has 70 valence electrons. The monoisotopic (exact) mass is 176 g/mol. The van der Waals surface area contributed by atoms with Crippen LogP contribution in [0, 0.1) is 15.0 Å². The second kappa shape index (κ2) is 7.90. The maximum absolute atomic E-state index is 9.60. The van der Waals surface area contributed by atoms with Gasteiger partial charge >= 0.3 is 0 Å². The first kappa shape index (κ1) is 10.8. The Labute approximate surface area is 69.8 Å². The van der Waals surface area contributed by atoms with Crippen LogP contribution in [0.2, 0.25) is 0 Å². The molecule has 0 heterocycles. The Kier molecular flexibility index (Phi) is 7.11. The van der Waals surface area contributed by atoms with Gasteiger partial charge in [0.15, 0.2) is 5.34 Å². The van der Waals surface area contributed by atoms with Crippen LogP contribution in [0.3, 0.4) is 0 Å². The number of nitrogens with zero attached hydrogens (tertiary/aromatic N) is 1. The van der Waals surface area contributed by atoms with Crippen molar-refractivity contribution in [1.82, 2.24) is 0 Å². The van der Waals surface area contributed by atoms with Gasteiger partial charge in [-0.3, -0.25) is 10.1 Å². The van der Waals surface area contributed by atoms with E-state index in [1.165, 1.54) is 19.3 Å². The van der Waals surface area contributed by atoms with Crippen LogP contribution >= 0.6 is 0 Å². The van der Waals surface area contributed by atoms with Gasteiger partial charge in [-0.25, -0.2) is 0 Å². The van der Waals surface area contributed by atoms with E-state index >= 15 is 0 Å². The molecule has 0 saturated heterocycles. The van der Waals surface area contributed by atoms with E-state index in [1.807, 2.05) is 0 Å². The molecule has 0 unspecified atom stereocenters. The normalized spacial score (nSPS) is 17.0. The molecule has 1 rings (SSSR count). The molecule has 1 aliphatic rings. The van der Waals surface area contributed by atoms with E-state index in [0.717, 1.165) is 12.8 Å². The fraction of sp³-hybridized carbons (Fsp3) is 1.00. The van der Waals surface area contributed by atoms with E-state index in [-0.39, 0.29) is 11.4 Å². The van der Waals surface area contributed by atoms with E-state index in [9.17, 15) is 4.91 Å². The SMILES string of the molecule is O=NOC1CCCCC1.O=[NH+][O-]. The third-order valence-corrected chi connectivity index (χ3v) is 1.74. The molecule has 12 heavy (non-hydrogen) atoms. The molecule has 1 aliphatic carbocycles. The second-order valence-corrected chi connectivity index (χ2v) is 2.52. The van der Waals surface area contributed by atoms with Crippen LogP contribution < -0.4 is 5.34 Å². The van der Waals surface area contributed by atoms with Crippen molar-refractivity contribution < 1.29 is 10.2 Å². The molecule has 0 aromatic rings.